The molecule has 1 saturated heterocycles. The Morgan fingerprint density at radius 2 is 1.76 bits per heavy atom. The maximum Gasteiger partial charge on any atom is 0.0531 e. The van der Waals surface area contributed by atoms with E-state index in [-0.39, 0.29) is 0 Å². The topological polar surface area (TPSA) is 27.7 Å². The monoisotopic (exact) mass is 243 g/mol. The van der Waals surface area contributed by atoms with Crippen molar-refractivity contribution < 1.29 is 4.74 Å². The van der Waals surface area contributed by atoms with Gasteiger partial charge in [0.1, 0.15) is 0 Å². The molecule has 4 nitrogen and oxygen atoms in total. The lowest BCUT2D eigenvalue weighted by Gasteiger charge is -2.40. The predicted octanol–water partition coefficient (Wildman–Crippen LogP) is 0.496. The van der Waals surface area contributed by atoms with Gasteiger partial charge in [-0.2, -0.15) is 0 Å². The maximum absolute atomic E-state index is 5.45. The minimum atomic E-state index is 0.362. The molecule has 1 aliphatic rings. The summed E-state index contributed by atoms with van der Waals surface area (Å²) in [5.74, 6) is 0. The molecular formula is C13H29N3O. The zero-order valence-electron chi connectivity index (χ0n) is 12.0. The van der Waals surface area contributed by atoms with E-state index in [9.17, 15) is 0 Å². The number of ether oxygens (including phenoxy) is 1. The van der Waals surface area contributed by atoms with Crippen LogP contribution < -0.4 is 5.32 Å². The fraction of sp³-hybridized carbons (Fsp3) is 1.00. The summed E-state index contributed by atoms with van der Waals surface area (Å²) in [6, 6.07) is 0. The fourth-order valence-corrected chi connectivity index (χ4v) is 2.63. The lowest BCUT2D eigenvalue weighted by molar-refractivity contribution is 0.0275. The second kappa shape index (κ2) is 7.31. The Bertz CT molecular complexity index is 197. The smallest absolute Gasteiger partial charge is 0.0531 e. The van der Waals surface area contributed by atoms with E-state index in [4.69, 9.17) is 4.74 Å². The third kappa shape index (κ3) is 5.34. The van der Waals surface area contributed by atoms with Gasteiger partial charge in [-0.3, -0.25) is 0 Å². The minimum absolute atomic E-state index is 0.362. The number of rotatable bonds is 7. The lowest BCUT2D eigenvalue weighted by atomic mass is 9.79. The largest absolute Gasteiger partial charge is 0.384 e. The van der Waals surface area contributed by atoms with Crippen LogP contribution in [0.4, 0.5) is 0 Å². The van der Waals surface area contributed by atoms with Gasteiger partial charge in [-0.1, -0.05) is 0 Å². The number of hydrogen-bond donors (Lipinski definition) is 1. The molecule has 0 radical (unpaired) electrons. The van der Waals surface area contributed by atoms with E-state index in [0.717, 1.165) is 39.3 Å². The van der Waals surface area contributed by atoms with Crippen molar-refractivity contribution in [2.45, 2.75) is 12.8 Å². The molecule has 0 unspecified atom stereocenters. The molecule has 102 valence electrons. The number of hydrogen-bond acceptors (Lipinski definition) is 4. The second-order valence-corrected chi connectivity index (χ2v) is 5.72. The Balaban J connectivity index is 2.42. The van der Waals surface area contributed by atoms with Crippen LogP contribution in [0, 0.1) is 5.41 Å². The molecule has 1 rings (SSSR count). The highest BCUT2D eigenvalue weighted by Gasteiger charge is 2.33. The van der Waals surface area contributed by atoms with Crippen LogP contribution in [0.2, 0.25) is 0 Å². The van der Waals surface area contributed by atoms with Crippen molar-refractivity contribution in [3.05, 3.63) is 0 Å². The Labute approximate surface area is 106 Å². The quantitative estimate of drug-likeness (QED) is 0.704. The molecule has 0 aromatic carbocycles. The van der Waals surface area contributed by atoms with Crippen molar-refractivity contribution in [2.75, 3.05) is 67.6 Å². The maximum atomic E-state index is 5.45. The highest BCUT2D eigenvalue weighted by atomic mass is 16.5. The first-order valence-corrected chi connectivity index (χ1v) is 6.61. The number of methoxy groups -OCH3 is 1. The van der Waals surface area contributed by atoms with Crippen molar-refractivity contribution in [1.29, 1.82) is 0 Å². The van der Waals surface area contributed by atoms with Gasteiger partial charge in [-0.25, -0.2) is 0 Å². The average Bonchev–Trinajstić information content (AvgIpc) is 2.28. The molecule has 0 aliphatic carbocycles. The molecule has 0 atom stereocenters. The standard InChI is InChI=1S/C13H29N3O/c1-15(2)9-10-16(3)11-13(12-17-4)5-7-14-8-6-13/h14H,5-12H2,1-4H3. The Hall–Kier alpha value is -0.160. The molecule has 0 aromatic heterocycles. The first-order valence-electron chi connectivity index (χ1n) is 6.61. The number of piperidine rings is 1. The summed E-state index contributed by atoms with van der Waals surface area (Å²) in [5.41, 5.74) is 0.362. The van der Waals surface area contributed by atoms with Gasteiger partial charge in [0.05, 0.1) is 6.61 Å². The van der Waals surface area contributed by atoms with Crippen LogP contribution in [0.25, 0.3) is 0 Å². The van der Waals surface area contributed by atoms with Crippen LogP contribution >= 0.6 is 0 Å². The van der Waals surface area contributed by atoms with Crippen molar-refractivity contribution in [2.24, 2.45) is 5.41 Å². The SMILES string of the molecule is COCC1(CN(C)CCN(C)C)CCNCC1. The van der Waals surface area contributed by atoms with Gasteiger partial charge < -0.3 is 19.9 Å². The first kappa shape index (κ1) is 14.9. The molecule has 17 heavy (non-hydrogen) atoms. The summed E-state index contributed by atoms with van der Waals surface area (Å²) in [7, 11) is 8.30. The molecule has 0 amide bonds. The average molecular weight is 243 g/mol. The summed E-state index contributed by atoms with van der Waals surface area (Å²) in [6.45, 7) is 6.55. The molecule has 1 heterocycles. The second-order valence-electron chi connectivity index (χ2n) is 5.72. The Morgan fingerprint density at radius 1 is 1.12 bits per heavy atom. The Kier molecular flexibility index (Phi) is 6.41. The van der Waals surface area contributed by atoms with Gasteiger partial charge in [0.2, 0.25) is 0 Å². The first-order chi connectivity index (χ1) is 8.08. The van der Waals surface area contributed by atoms with Gasteiger partial charge in [-0.15, -0.1) is 0 Å². The highest BCUT2D eigenvalue weighted by Crippen LogP contribution is 2.29. The van der Waals surface area contributed by atoms with E-state index >= 15 is 0 Å². The van der Waals surface area contributed by atoms with E-state index < -0.39 is 0 Å². The van der Waals surface area contributed by atoms with Gasteiger partial charge in [0.15, 0.2) is 0 Å². The van der Waals surface area contributed by atoms with Gasteiger partial charge in [0.25, 0.3) is 0 Å². The van der Waals surface area contributed by atoms with Crippen LogP contribution in [-0.4, -0.2) is 77.4 Å². The summed E-state index contributed by atoms with van der Waals surface area (Å²) >= 11 is 0. The molecular weight excluding hydrogens is 214 g/mol. The van der Waals surface area contributed by atoms with Gasteiger partial charge in [-0.05, 0) is 47.1 Å². The van der Waals surface area contributed by atoms with Crippen molar-refractivity contribution in [3.8, 4) is 0 Å². The van der Waals surface area contributed by atoms with Crippen LogP contribution in [0.1, 0.15) is 12.8 Å². The molecule has 0 saturated carbocycles. The summed E-state index contributed by atoms with van der Waals surface area (Å²) < 4.78 is 5.45. The highest BCUT2D eigenvalue weighted by molar-refractivity contribution is 4.87. The summed E-state index contributed by atoms with van der Waals surface area (Å²) in [5, 5.41) is 3.44. The van der Waals surface area contributed by atoms with Gasteiger partial charge in [0, 0.05) is 32.2 Å². The van der Waals surface area contributed by atoms with Gasteiger partial charge >= 0.3 is 0 Å². The van der Waals surface area contributed by atoms with E-state index in [1.165, 1.54) is 12.8 Å². The molecule has 0 bridgehead atoms. The summed E-state index contributed by atoms with van der Waals surface area (Å²) in [4.78, 5) is 4.69. The minimum Gasteiger partial charge on any atom is -0.384 e. The zero-order valence-corrected chi connectivity index (χ0v) is 12.0. The van der Waals surface area contributed by atoms with E-state index in [1.807, 2.05) is 7.11 Å². The summed E-state index contributed by atoms with van der Waals surface area (Å²) in [6.07, 6.45) is 2.46. The van der Waals surface area contributed by atoms with E-state index in [0.29, 0.717) is 5.41 Å². The number of nitrogens with one attached hydrogen (secondary N) is 1. The van der Waals surface area contributed by atoms with Crippen LogP contribution in [0.15, 0.2) is 0 Å². The van der Waals surface area contributed by atoms with E-state index in [1.54, 1.807) is 0 Å². The van der Waals surface area contributed by atoms with Crippen molar-refractivity contribution >= 4 is 0 Å². The van der Waals surface area contributed by atoms with Crippen molar-refractivity contribution in [3.63, 3.8) is 0 Å². The molecule has 1 aliphatic heterocycles. The van der Waals surface area contributed by atoms with Crippen LogP contribution in [0.3, 0.4) is 0 Å². The lowest BCUT2D eigenvalue weighted by Crippen LogP contribution is -2.47. The normalized spacial score (nSPS) is 20.1. The number of likely N-dealkylation sites (N-methyl/N-ethyl adjacent to an activating group) is 2. The zero-order chi connectivity index (χ0) is 12.7. The molecule has 4 heteroatoms. The van der Waals surface area contributed by atoms with Crippen LogP contribution in [-0.2, 0) is 4.74 Å². The van der Waals surface area contributed by atoms with E-state index in [2.05, 4.69) is 36.3 Å². The third-order valence-corrected chi connectivity index (χ3v) is 3.65. The van der Waals surface area contributed by atoms with Crippen molar-refractivity contribution in [1.82, 2.24) is 15.1 Å². The molecule has 0 spiro atoms. The Morgan fingerprint density at radius 3 is 2.29 bits per heavy atom. The number of nitrogens with zero attached hydrogens (tertiary/aromatic N) is 2. The predicted molar refractivity (Wildman–Crippen MR) is 72.5 cm³/mol. The fourth-order valence-electron chi connectivity index (χ4n) is 2.63. The molecule has 1 N–H and O–H groups in total. The molecule has 0 aromatic rings. The van der Waals surface area contributed by atoms with Crippen LogP contribution in [0.5, 0.6) is 0 Å². The molecule has 1 fully saturated rings. The third-order valence-electron chi connectivity index (χ3n) is 3.65.